The molecule has 0 fully saturated rings. The molecule has 1 heterocycles. The molecule has 0 saturated heterocycles. The smallest absolute Gasteiger partial charge is 0.277 e. The Balaban J connectivity index is 1.43. The van der Waals surface area contributed by atoms with Gasteiger partial charge in [-0.15, -0.1) is 10.2 Å². The molecule has 1 N–H and O–H groups in total. The number of nitrogens with one attached hydrogen (secondary N) is 1. The number of fused-ring (bicyclic) bond motifs is 1. The molecule has 4 rings (SSSR count). The Kier molecular flexibility index (Phi) is 6.46. The lowest BCUT2D eigenvalue weighted by Crippen LogP contribution is -2.35. The normalized spacial score (nSPS) is 16.3. The molecule has 0 radical (unpaired) electrons. The van der Waals surface area contributed by atoms with Gasteiger partial charge in [0.2, 0.25) is 11.8 Å². The first-order chi connectivity index (χ1) is 15.1. The second-order valence-electron chi connectivity index (χ2n) is 7.39. The Bertz CT molecular complexity index is 1050. The molecule has 7 nitrogen and oxygen atoms in total. The van der Waals surface area contributed by atoms with Crippen molar-refractivity contribution in [2.24, 2.45) is 0 Å². The SMILES string of the molecule is COc1cc(OC)cc(-c2nnc(SC(C)C(=O)NC3CCCc4ccccc43)o2)c1. The first-order valence-corrected chi connectivity index (χ1v) is 11.1. The van der Waals surface area contributed by atoms with Crippen molar-refractivity contribution in [3.05, 3.63) is 53.6 Å². The highest BCUT2D eigenvalue weighted by atomic mass is 32.2. The molecule has 3 aromatic rings. The second-order valence-corrected chi connectivity index (χ2v) is 8.68. The van der Waals surface area contributed by atoms with Crippen LogP contribution in [0.4, 0.5) is 0 Å². The van der Waals surface area contributed by atoms with Crippen LogP contribution in [0, 0.1) is 0 Å². The van der Waals surface area contributed by atoms with E-state index in [1.165, 1.54) is 22.9 Å². The van der Waals surface area contributed by atoms with Crippen LogP contribution in [0.15, 0.2) is 52.1 Å². The van der Waals surface area contributed by atoms with Gasteiger partial charge in [-0.25, -0.2) is 0 Å². The van der Waals surface area contributed by atoms with Gasteiger partial charge in [0.05, 0.1) is 25.5 Å². The van der Waals surface area contributed by atoms with E-state index in [-0.39, 0.29) is 17.2 Å². The van der Waals surface area contributed by atoms with Crippen molar-refractivity contribution in [3.8, 4) is 23.0 Å². The summed E-state index contributed by atoms with van der Waals surface area (Å²) in [5, 5.41) is 11.4. The van der Waals surface area contributed by atoms with Gasteiger partial charge in [0, 0.05) is 11.6 Å². The zero-order valence-electron chi connectivity index (χ0n) is 17.8. The van der Waals surface area contributed by atoms with Gasteiger partial charge in [-0.05, 0) is 49.4 Å². The van der Waals surface area contributed by atoms with Crippen molar-refractivity contribution in [2.45, 2.75) is 42.7 Å². The average molecular weight is 440 g/mol. The van der Waals surface area contributed by atoms with Gasteiger partial charge in [-0.1, -0.05) is 36.0 Å². The largest absolute Gasteiger partial charge is 0.497 e. The molecule has 0 spiro atoms. The van der Waals surface area contributed by atoms with Crippen LogP contribution in [-0.4, -0.2) is 35.6 Å². The fourth-order valence-electron chi connectivity index (χ4n) is 3.70. The Morgan fingerprint density at radius 1 is 1.16 bits per heavy atom. The van der Waals surface area contributed by atoms with E-state index in [2.05, 4.69) is 27.6 Å². The monoisotopic (exact) mass is 439 g/mol. The minimum atomic E-state index is -0.373. The van der Waals surface area contributed by atoms with Gasteiger partial charge in [-0.3, -0.25) is 4.79 Å². The molecule has 162 valence electrons. The van der Waals surface area contributed by atoms with Crippen LogP contribution in [0.3, 0.4) is 0 Å². The minimum Gasteiger partial charge on any atom is -0.497 e. The Morgan fingerprint density at radius 2 is 1.90 bits per heavy atom. The number of methoxy groups -OCH3 is 2. The molecular weight excluding hydrogens is 414 g/mol. The Hall–Kier alpha value is -3.00. The van der Waals surface area contributed by atoms with E-state index >= 15 is 0 Å². The standard InChI is InChI=1S/C23H25N3O4S/c1-14(21(27)24-20-10-6-8-15-7-4-5-9-19(15)20)31-23-26-25-22(30-23)16-11-17(28-2)13-18(12-16)29-3/h4-5,7,9,11-14,20H,6,8,10H2,1-3H3,(H,24,27). The van der Waals surface area contributed by atoms with Gasteiger partial charge in [0.25, 0.3) is 5.22 Å². The quantitative estimate of drug-likeness (QED) is 0.545. The van der Waals surface area contributed by atoms with E-state index in [0.29, 0.717) is 28.2 Å². The lowest BCUT2D eigenvalue weighted by molar-refractivity contribution is -0.121. The highest BCUT2D eigenvalue weighted by Gasteiger charge is 2.25. The third kappa shape index (κ3) is 4.85. The number of benzene rings is 2. The molecule has 0 aliphatic heterocycles. The van der Waals surface area contributed by atoms with Crippen molar-refractivity contribution in [2.75, 3.05) is 14.2 Å². The van der Waals surface area contributed by atoms with Gasteiger partial charge < -0.3 is 19.2 Å². The molecule has 2 unspecified atom stereocenters. The van der Waals surface area contributed by atoms with Crippen LogP contribution in [0.5, 0.6) is 11.5 Å². The van der Waals surface area contributed by atoms with E-state index < -0.39 is 0 Å². The molecule has 0 bridgehead atoms. The van der Waals surface area contributed by atoms with Crippen LogP contribution in [-0.2, 0) is 11.2 Å². The number of ether oxygens (including phenoxy) is 2. The maximum Gasteiger partial charge on any atom is 0.277 e. The molecule has 1 aliphatic carbocycles. The highest BCUT2D eigenvalue weighted by Crippen LogP contribution is 2.33. The van der Waals surface area contributed by atoms with Gasteiger partial charge >= 0.3 is 0 Å². The van der Waals surface area contributed by atoms with Crippen molar-refractivity contribution >= 4 is 17.7 Å². The van der Waals surface area contributed by atoms with E-state index in [9.17, 15) is 4.79 Å². The summed E-state index contributed by atoms with van der Waals surface area (Å²) in [7, 11) is 3.16. The molecule has 1 aliphatic rings. The topological polar surface area (TPSA) is 86.5 Å². The van der Waals surface area contributed by atoms with E-state index in [4.69, 9.17) is 13.9 Å². The van der Waals surface area contributed by atoms with Gasteiger partial charge in [-0.2, -0.15) is 0 Å². The predicted octanol–water partition coefficient (Wildman–Crippen LogP) is 4.43. The molecule has 8 heteroatoms. The maximum absolute atomic E-state index is 12.8. The Labute approximate surface area is 185 Å². The lowest BCUT2D eigenvalue weighted by atomic mass is 9.88. The van der Waals surface area contributed by atoms with E-state index in [1.807, 2.05) is 19.1 Å². The van der Waals surface area contributed by atoms with Crippen LogP contribution in [0.1, 0.15) is 36.9 Å². The fraction of sp³-hybridized carbons (Fsp3) is 0.348. The summed E-state index contributed by atoms with van der Waals surface area (Å²) >= 11 is 1.24. The molecule has 1 aromatic heterocycles. The summed E-state index contributed by atoms with van der Waals surface area (Å²) in [5.41, 5.74) is 3.22. The average Bonchev–Trinajstić information content (AvgIpc) is 3.27. The van der Waals surface area contributed by atoms with Crippen LogP contribution in [0.2, 0.25) is 0 Å². The number of carbonyl (C=O) groups is 1. The second kappa shape index (κ2) is 9.43. The van der Waals surface area contributed by atoms with E-state index in [0.717, 1.165) is 19.3 Å². The van der Waals surface area contributed by atoms with Crippen molar-refractivity contribution in [3.63, 3.8) is 0 Å². The number of hydrogen-bond donors (Lipinski definition) is 1. The first kappa shape index (κ1) is 21.2. The number of aryl methyl sites for hydroxylation is 1. The maximum atomic E-state index is 12.8. The number of nitrogens with zero attached hydrogens (tertiary/aromatic N) is 2. The number of rotatable bonds is 7. The van der Waals surface area contributed by atoms with Crippen LogP contribution < -0.4 is 14.8 Å². The first-order valence-electron chi connectivity index (χ1n) is 10.2. The lowest BCUT2D eigenvalue weighted by Gasteiger charge is -2.27. The number of carbonyl (C=O) groups excluding carboxylic acids is 1. The summed E-state index contributed by atoms with van der Waals surface area (Å²) < 4.78 is 16.4. The molecule has 1 amide bonds. The van der Waals surface area contributed by atoms with Crippen molar-refractivity contribution < 1.29 is 18.7 Å². The summed E-state index contributed by atoms with van der Waals surface area (Å²) in [6.07, 6.45) is 3.08. The third-order valence-electron chi connectivity index (χ3n) is 5.34. The summed E-state index contributed by atoms with van der Waals surface area (Å²) in [6, 6.07) is 13.7. The number of hydrogen-bond acceptors (Lipinski definition) is 7. The predicted molar refractivity (Wildman–Crippen MR) is 118 cm³/mol. The molecule has 31 heavy (non-hydrogen) atoms. The van der Waals surface area contributed by atoms with E-state index in [1.54, 1.807) is 32.4 Å². The number of thioether (sulfide) groups is 1. The van der Waals surface area contributed by atoms with Gasteiger partial charge in [0.15, 0.2) is 0 Å². The highest BCUT2D eigenvalue weighted by molar-refractivity contribution is 8.00. The molecular formula is C23H25N3O4S. The zero-order chi connectivity index (χ0) is 21.8. The van der Waals surface area contributed by atoms with Gasteiger partial charge in [0.1, 0.15) is 11.5 Å². The zero-order valence-corrected chi connectivity index (χ0v) is 18.6. The summed E-state index contributed by atoms with van der Waals surface area (Å²) in [6.45, 7) is 1.84. The molecule has 0 saturated carbocycles. The number of aromatic nitrogens is 2. The van der Waals surface area contributed by atoms with Crippen molar-refractivity contribution in [1.82, 2.24) is 15.5 Å². The summed E-state index contributed by atoms with van der Waals surface area (Å²) in [5.74, 6) is 1.55. The fourth-order valence-corrected chi connectivity index (χ4v) is 4.40. The third-order valence-corrected chi connectivity index (χ3v) is 6.27. The summed E-state index contributed by atoms with van der Waals surface area (Å²) in [4.78, 5) is 12.8. The van der Waals surface area contributed by atoms with Crippen molar-refractivity contribution in [1.29, 1.82) is 0 Å². The number of amides is 1. The molecule has 2 aromatic carbocycles. The Morgan fingerprint density at radius 3 is 2.65 bits per heavy atom. The molecule has 2 atom stereocenters. The van der Waals surface area contributed by atoms with Crippen LogP contribution >= 0.6 is 11.8 Å². The minimum absolute atomic E-state index is 0.0444. The van der Waals surface area contributed by atoms with Crippen LogP contribution in [0.25, 0.3) is 11.5 Å².